The molecular formula is C12H11ClF3N5. The SMILES string of the molecule is Cc1cnc(NN)nc1Nc1cc(C(F)(F)F)ccc1Cl. The van der Waals surface area contributed by atoms with Gasteiger partial charge < -0.3 is 5.32 Å². The average molecular weight is 318 g/mol. The Balaban J connectivity index is 2.39. The fraction of sp³-hybridized carbons (Fsp3) is 0.167. The van der Waals surface area contributed by atoms with Crippen LogP contribution in [0.2, 0.25) is 5.02 Å². The van der Waals surface area contributed by atoms with Crippen molar-refractivity contribution in [1.29, 1.82) is 0 Å². The molecule has 1 aromatic heterocycles. The third-order valence-corrected chi connectivity index (χ3v) is 2.98. The number of nitrogen functional groups attached to an aromatic ring is 1. The van der Waals surface area contributed by atoms with Crippen molar-refractivity contribution in [1.82, 2.24) is 9.97 Å². The Labute approximate surface area is 123 Å². The lowest BCUT2D eigenvalue weighted by atomic mass is 10.2. The fourth-order valence-corrected chi connectivity index (χ4v) is 1.73. The lowest BCUT2D eigenvalue weighted by molar-refractivity contribution is -0.137. The van der Waals surface area contributed by atoms with Gasteiger partial charge in [-0.25, -0.2) is 10.8 Å². The predicted octanol–water partition coefficient (Wildman–Crippen LogP) is 3.49. The van der Waals surface area contributed by atoms with Crippen molar-refractivity contribution < 1.29 is 13.2 Å². The zero-order valence-electron chi connectivity index (χ0n) is 10.8. The summed E-state index contributed by atoms with van der Waals surface area (Å²) >= 11 is 5.91. The van der Waals surface area contributed by atoms with E-state index in [-0.39, 0.29) is 16.7 Å². The molecule has 0 bridgehead atoms. The molecule has 0 radical (unpaired) electrons. The lowest BCUT2D eigenvalue weighted by Gasteiger charge is -2.13. The van der Waals surface area contributed by atoms with Gasteiger partial charge in [0, 0.05) is 11.8 Å². The van der Waals surface area contributed by atoms with Crippen LogP contribution in [0.4, 0.5) is 30.6 Å². The van der Waals surface area contributed by atoms with Crippen LogP contribution in [0.5, 0.6) is 0 Å². The largest absolute Gasteiger partial charge is 0.416 e. The molecule has 0 spiro atoms. The fourth-order valence-electron chi connectivity index (χ4n) is 1.56. The van der Waals surface area contributed by atoms with Gasteiger partial charge in [0.25, 0.3) is 0 Å². The Morgan fingerprint density at radius 1 is 1.29 bits per heavy atom. The summed E-state index contributed by atoms with van der Waals surface area (Å²) in [4.78, 5) is 7.90. The van der Waals surface area contributed by atoms with Crippen molar-refractivity contribution >= 4 is 29.1 Å². The van der Waals surface area contributed by atoms with Crippen LogP contribution in [0.3, 0.4) is 0 Å². The number of aryl methyl sites for hydroxylation is 1. The molecule has 9 heteroatoms. The molecule has 2 rings (SSSR count). The molecule has 2 aromatic rings. The summed E-state index contributed by atoms with van der Waals surface area (Å²) in [5.41, 5.74) is 2.17. The zero-order valence-corrected chi connectivity index (χ0v) is 11.5. The number of aromatic nitrogens is 2. The van der Waals surface area contributed by atoms with E-state index in [1.807, 2.05) is 0 Å². The summed E-state index contributed by atoms with van der Waals surface area (Å²) in [6.07, 6.45) is -2.97. The molecule has 1 aromatic carbocycles. The number of halogens is 4. The quantitative estimate of drug-likeness (QED) is 0.597. The van der Waals surface area contributed by atoms with Gasteiger partial charge in [-0.1, -0.05) is 11.6 Å². The Morgan fingerprint density at radius 2 is 2.00 bits per heavy atom. The molecular weight excluding hydrogens is 307 g/mol. The molecule has 5 nitrogen and oxygen atoms in total. The summed E-state index contributed by atoms with van der Waals surface area (Å²) in [7, 11) is 0. The van der Waals surface area contributed by atoms with E-state index in [1.54, 1.807) is 6.92 Å². The maximum absolute atomic E-state index is 12.7. The Morgan fingerprint density at radius 3 is 2.62 bits per heavy atom. The maximum atomic E-state index is 12.7. The molecule has 0 aliphatic carbocycles. The normalized spacial score (nSPS) is 11.3. The monoisotopic (exact) mass is 317 g/mol. The molecule has 21 heavy (non-hydrogen) atoms. The molecule has 0 fully saturated rings. The number of hydrazine groups is 1. The first-order chi connectivity index (χ1) is 9.81. The van der Waals surface area contributed by atoms with E-state index >= 15 is 0 Å². The number of rotatable bonds is 3. The van der Waals surface area contributed by atoms with Crippen molar-refractivity contribution in [3.05, 3.63) is 40.5 Å². The summed E-state index contributed by atoms with van der Waals surface area (Å²) < 4.78 is 38.1. The minimum atomic E-state index is -4.45. The van der Waals surface area contributed by atoms with Gasteiger partial charge in [0.05, 0.1) is 16.3 Å². The van der Waals surface area contributed by atoms with Crippen LogP contribution in [-0.2, 0) is 6.18 Å². The third-order valence-electron chi connectivity index (χ3n) is 2.65. The maximum Gasteiger partial charge on any atom is 0.416 e. The molecule has 0 aliphatic heterocycles. The first kappa shape index (κ1) is 15.3. The molecule has 0 unspecified atom stereocenters. The number of benzene rings is 1. The first-order valence-electron chi connectivity index (χ1n) is 5.75. The van der Waals surface area contributed by atoms with Gasteiger partial charge in [0.1, 0.15) is 5.82 Å². The van der Waals surface area contributed by atoms with Crippen LogP contribution in [0.25, 0.3) is 0 Å². The highest BCUT2D eigenvalue weighted by molar-refractivity contribution is 6.33. The van der Waals surface area contributed by atoms with E-state index in [0.717, 1.165) is 12.1 Å². The number of hydrogen-bond donors (Lipinski definition) is 3. The van der Waals surface area contributed by atoms with E-state index in [0.29, 0.717) is 11.4 Å². The molecule has 1 heterocycles. The van der Waals surface area contributed by atoms with Crippen molar-refractivity contribution in [3.8, 4) is 0 Å². The number of hydrogen-bond acceptors (Lipinski definition) is 5. The predicted molar refractivity (Wildman–Crippen MR) is 74.3 cm³/mol. The third kappa shape index (κ3) is 3.53. The zero-order chi connectivity index (χ0) is 15.6. The topological polar surface area (TPSA) is 75.9 Å². The second-order valence-electron chi connectivity index (χ2n) is 4.19. The van der Waals surface area contributed by atoms with E-state index in [4.69, 9.17) is 17.4 Å². The number of anilines is 3. The lowest BCUT2D eigenvalue weighted by Crippen LogP contribution is -2.12. The van der Waals surface area contributed by atoms with Gasteiger partial charge in [-0.2, -0.15) is 18.2 Å². The molecule has 0 saturated heterocycles. The van der Waals surface area contributed by atoms with E-state index < -0.39 is 11.7 Å². The number of nitrogens with one attached hydrogen (secondary N) is 2. The standard InChI is InChI=1S/C12H11ClF3N5/c1-6-5-18-11(21-17)20-10(6)19-9-4-7(12(14,15)16)2-3-8(9)13/h2-5H,17H2,1H3,(H2,18,19,20,21). The molecule has 0 atom stereocenters. The molecule has 0 amide bonds. The highest BCUT2D eigenvalue weighted by atomic mass is 35.5. The minimum Gasteiger partial charge on any atom is -0.339 e. The van der Waals surface area contributed by atoms with Crippen LogP contribution in [0, 0.1) is 6.92 Å². The van der Waals surface area contributed by atoms with Crippen molar-refractivity contribution in [3.63, 3.8) is 0 Å². The van der Waals surface area contributed by atoms with Crippen LogP contribution in [0.15, 0.2) is 24.4 Å². The number of nitrogens with zero attached hydrogens (tertiary/aromatic N) is 2. The number of nitrogens with two attached hydrogens (primary N) is 1. The summed E-state index contributed by atoms with van der Waals surface area (Å²) in [5, 5.41) is 2.89. The second-order valence-corrected chi connectivity index (χ2v) is 4.59. The summed E-state index contributed by atoms with van der Waals surface area (Å²) in [5.74, 6) is 5.63. The molecule has 0 saturated carbocycles. The van der Waals surface area contributed by atoms with E-state index in [1.165, 1.54) is 12.3 Å². The minimum absolute atomic E-state index is 0.0938. The Kier molecular flexibility index (Phi) is 4.19. The Hall–Kier alpha value is -2.06. The average Bonchev–Trinajstić information content (AvgIpc) is 2.42. The highest BCUT2D eigenvalue weighted by Gasteiger charge is 2.31. The van der Waals surface area contributed by atoms with Gasteiger partial charge in [-0.05, 0) is 25.1 Å². The van der Waals surface area contributed by atoms with Gasteiger partial charge >= 0.3 is 6.18 Å². The van der Waals surface area contributed by atoms with Gasteiger partial charge in [-0.15, -0.1) is 0 Å². The smallest absolute Gasteiger partial charge is 0.339 e. The van der Waals surface area contributed by atoms with Gasteiger partial charge in [-0.3, -0.25) is 5.43 Å². The molecule has 112 valence electrons. The molecule has 0 aliphatic rings. The van der Waals surface area contributed by atoms with Crippen molar-refractivity contribution in [2.45, 2.75) is 13.1 Å². The van der Waals surface area contributed by atoms with Gasteiger partial charge in [0.2, 0.25) is 5.95 Å². The van der Waals surface area contributed by atoms with Crippen LogP contribution < -0.4 is 16.6 Å². The van der Waals surface area contributed by atoms with Crippen LogP contribution in [0.1, 0.15) is 11.1 Å². The van der Waals surface area contributed by atoms with Crippen LogP contribution in [-0.4, -0.2) is 9.97 Å². The van der Waals surface area contributed by atoms with Crippen molar-refractivity contribution in [2.24, 2.45) is 5.84 Å². The summed E-state index contributed by atoms with van der Waals surface area (Å²) in [6, 6.07) is 3.00. The van der Waals surface area contributed by atoms with E-state index in [2.05, 4.69) is 20.7 Å². The van der Waals surface area contributed by atoms with Crippen molar-refractivity contribution in [2.75, 3.05) is 10.7 Å². The number of alkyl halides is 3. The van der Waals surface area contributed by atoms with E-state index in [9.17, 15) is 13.2 Å². The molecule has 4 N–H and O–H groups in total. The summed E-state index contributed by atoms with van der Waals surface area (Å²) in [6.45, 7) is 1.70. The van der Waals surface area contributed by atoms with Crippen LogP contribution >= 0.6 is 11.6 Å². The highest BCUT2D eigenvalue weighted by Crippen LogP contribution is 2.35. The second kappa shape index (κ2) is 5.74. The first-order valence-corrected chi connectivity index (χ1v) is 6.13. The van der Waals surface area contributed by atoms with Gasteiger partial charge in [0.15, 0.2) is 0 Å². The Bertz CT molecular complexity index is 660.